The van der Waals surface area contributed by atoms with Gasteiger partial charge in [0.05, 0.1) is 22.2 Å². The van der Waals surface area contributed by atoms with Crippen molar-refractivity contribution in [3.63, 3.8) is 0 Å². The third-order valence-corrected chi connectivity index (χ3v) is 6.21. The predicted octanol–water partition coefficient (Wildman–Crippen LogP) is 6.75. The Hall–Kier alpha value is -3.98. The molecule has 0 saturated heterocycles. The lowest BCUT2D eigenvalue weighted by atomic mass is 9.94. The number of pyridine rings is 2. The number of hydrogen-bond acceptors (Lipinski definition) is 2. The van der Waals surface area contributed by atoms with Crippen LogP contribution in [0.1, 0.15) is 27.9 Å². The van der Waals surface area contributed by atoms with Crippen molar-refractivity contribution in [2.24, 2.45) is 0 Å². The largest absolute Gasteiger partial charge is 0.354 e. The Bertz CT molecular complexity index is 1620. The van der Waals surface area contributed by atoms with Crippen LogP contribution in [0.4, 0.5) is 0 Å². The standard InChI is InChI=1S/C29H24N2O/c1-5-22-28(31-25-12-8-9-17(2)26(25)29(22)32)19(4)15-20-14-13-18(3)27-23(20)16-21-10-6-7-11-24(21)30-27/h5-14,16H,1,4,15H2,2-3H3,(H,31,32). The summed E-state index contributed by atoms with van der Waals surface area (Å²) in [4.78, 5) is 21.6. The number of hydrogen-bond donors (Lipinski definition) is 1. The molecule has 0 unspecified atom stereocenters. The van der Waals surface area contributed by atoms with E-state index in [1.807, 2.05) is 43.3 Å². The molecular formula is C29H24N2O. The maximum atomic E-state index is 13.2. The van der Waals surface area contributed by atoms with Crippen LogP contribution in [0.25, 0.3) is 44.4 Å². The van der Waals surface area contributed by atoms with Crippen molar-refractivity contribution >= 4 is 44.4 Å². The first-order chi connectivity index (χ1) is 15.5. The molecule has 0 atom stereocenters. The molecule has 5 rings (SSSR count). The number of rotatable bonds is 4. The lowest BCUT2D eigenvalue weighted by Gasteiger charge is -2.15. The first-order valence-corrected chi connectivity index (χ1v) is 10.7. The summed E-state index contributed by atoms with van der Waals surface area (Å²) in [5, 5.41) is 2.93. The molecule has 5 aromatic rings. The molecule has 156 valence electrons. The highest BCUT2D eigenvalue weighted by atomic mass is 16.1. The topological polar surface area (TPSA) is 45.8 Å². The van der Waals surface area contributed by atoms with E-state index in [4.69, 9.17) is 4.98 Å². The van der Waals surface area contributed by atoms with Crippen LogP contribution in [0.5, 0.6) is 0 Å². The molecule has 0 bridgehead atoms. The van der Waals surface area contributed by atoms with Gasteiger partial charge >= 0.3 is 0 Å². The van der Waals surface area contributed by atoms with Crippen LogP contribution in [0.2, 0.25) is 0 Å². The second-order valence-corrected chi connectivity index (χ2v) is 8.34. The summed E-state index contributed by atoms with van der Waals surface area (Å²) in [6.45, 7) is 12.3. The molecule has 2 aromatic heterocycles. The predicted molar refractivity (Wildman–Crippen MR) is 136 cm³/mol. The van der Waals surface area contributed by atoms with Crippen LogP contribution in [-0.2, 0) is 6.42 Å². The van der Waals surface area contributed by atoms with Gasteiger partial charge in [0.2, 0.25) is 0 Å². The quantitative estimate of drug-likeness (QED) is 0.330. The Morgan fingerprint density at radius 2 is 1.84 bits per heavy atom. The van der Waals surface area contributed by atoms with Crippen LogP contribution in [0.15, 0.2) is 78.6 Å². The fourth-order valence-corrected chi connectivity index (χ4v) is 4.53. The van der Waals surface area contributed by atoms with E-state index < -0.39 is 0 Å². The first kappa shape index (κ1) is 20.0. The molecule has 0 fully saturated rings. The van der Waals surface area contributed by atoms with Crippen molar-refractivity contribution in [1.29, 1.82) is 0 Å². The minimum atomic E-state index is -0.00979. The third kappa shape index (κ3) is 3.14. The number of nitrogens with zero attached hydrogens (tertiary/aromatic N) is 1. The number of para-hydroxylation sites is 1. The molecule has 32 heavy (non-hydrogen) atoms. The van der Waals surface area contributed by atoms with Crippen LogP contribution in [0.3, 0.4) is 0 Å². The lowest BCUT2D eigenvalue weighted by Crippen LogP contribution is -2.13. The maximum Gasteiger partial charge on any atom is 0.197 e. The second-order valence-electron chi connectivity index (χ2n) is 8.34. The van der Waals surface area contributed by atoms with Gasteiger partial charge in [-0.2, -0.15) is 0 Å². The second kappa shape index (κ2) is 7.61. The van der Waals surface area contributed by atoms with E-state index in [9.17, 15) is 4.79 Å². The number of benzene rings is 3. The van der Waals surface area contributed by atoms with Crippen molar-refractivity contribution in [3.05, 3.63) is 112 Å². The van der Waals surface area contributed by atoms with Crippen LogP contribution in [-0.4, -0.2) is 9.97 Å². The number of fused-ring (bicyclic) bond motifs is 3. The van der Waals surface area contributed by atoms with Gasteiger partial charge in [-0.15, -0.1) is 0 Å². The summed E-state index contributed by atoms with van der Waals surface area (Å²) in [5.74, 6) is 0. The lowest BCUT2D eigenvalue weighted by molar-refractivity contribution is 1.22. The molecule has 1 N–H and O–H groups in total. The average Bonchev–Trinajstić information content (AvgIpc) is 2.79. The van der Waals surface area contributed by atoms with Gasteiger partial charge in [0.1, 0.15) is 0 Å². The Balaban J connectivity index is 1.67. The van der Waals surface area contributed by atoms with Gasteiger partial charge in [-0.1, -0.05) is 61.7 Å². The summed E-state index contributed by atoms with van der Waals surface area (Å²) >= 11 is 0. The van der Waals surface area contributed by atoms with Crippen LogP contribution < -0.4 is 5.43 Å². The maximum absolute atomic E-state index is 13.2. The average molecular weight is 417 g/mol. The molecule has 0 saturated carbocycles. The van der Waals surface area contributed by atoms with E-state index in [2.05, 4.69) is 49.3 Å². The molecule has 3 heteroatoms. The number of aryl methyl sites for hydroxylation is 2. The van der Waals surface area contributed by atoms with Crippen molar-refractivity contribution in [2.45, 2.75) is 20.3 Å². The van der Waals surface area contributed by atoms with Gasteiger partial charge in [-0.25, -0.2) is 4.98 Å². The number of nitrogens with one attached hydrogen (secondary N) is 1. The van der Waals surface area contributed by atoms with E-state index >= 15 is 0 Å². The summed E-state index contributed by atoms with van der Waals surface area (Å²) in [7, 11) is 0. The van der Waals surface area contributed by atoms with E-state index in [1.165, 1.54) is 0 Å². The molecule has 0 spiro atoms. The third-order valence-electron chi connectivity index (χ3n) is 6.21. The smallest absolute Gasteiger partial charge is 0.197 e. The van der Waals surface area contributed by atoms with E-state index in [0.717, 1.165) is 55.3 Å². The number of allylic oxidation sites excluding steroid dienone is 1. The molecule has 0 radical (unpaired) electrons. The normalized spacial score (nSPS) is 11.3. The highest BCUT2D eigenvalue weighted by Crippen LogP contribution is 2.29. The Morgan fingerprint density at radius 3 is 2.66 bits per heavy atom. The van der Waals surface area contributed by atoms with E-state index in [-0.39, 0.29) is 5.43 Å². The van der Waals surface area contributed by atoms with Gasteiger partial charge in [0.25, 0.3) is 0 Å². The van der Waals surface area contributed by atoms with Gasteiger partial charge in [0, 0.05) is 21.7 Å². The van der Waals surface area contributed by atoms with Crippen LogP contribution >= 0.6 is 0 Å². The molecule has 0 aliphatic carbocycles. The summed E-state index contributed by atoms with van der Waals surface area (Å²) < 4.78 is 0. The monoisotopic (exact) mass is 416 g/mol. The zero-order chi connectivity index (χ0) is 22.4. The molecule has 2 heterocycles. The van der Waals surface area contributed by atoms with Crippen LogP contribution in [0, 0.1) is 13.8 Å². The number of H-pyrrole nitrogens is 1. The van der Waals surface area contributed by atoms with Crippen molar-refractivity contribution < 1.29 is 0 Å². The Morgan fingerprint density at radius 1 is 1.03 bits per heavy atom. The minimum Gasteiger partial charge on any atom is -0.354 e. The zero-order valence-corrected chi connectivity index (χ0v) is 18.3. The van der Waals surface area contributed by atoms with Crippen molar-refractivity contribution in [1.82, 2.24) is 9.97 Å². The minimum absolute atomic E-state index is 0.00979. The Kier molecular flexibility index (Phi) is 4.75. The van der Waals surface area contributed by atoms with E-state index in [0.29, 0.717) is 17.4 Å². The zero-order valence-electron chi connectivity index (χ0n) is 18.3. The van der Waals surface area contributed by atoms with Crippen molar-refractivity contribution in [3.8, 4) is 0 Å². The van der Waals surface area contributed by atoms with Gasteiger partial charge in [-0.3, -0.25) is 4.79 Å². The highest BCUT2D eigenvalue weighted by molar-refractivity contribution is 5.97. The summed E-state index contributed by atoms with van der Waals surface area (Å²) in [6, 6.07) is 20.5. The first-order valence-electron chi connectivity index (χ1n) is 10.7. The van der Waals surface area contributed by atoms with E-state index in [1.54, 1.807) is 6.08 Å². The molecule has 3 aromatic carbocycles. The number of aromatic nitrogens is 2. The fourth-order valence-electron chi connectivity index (χ4n) is 4.53. The number of aromatic amines is 1. The SMILES string of the molecule is C=Cc1c(C(=C)Cc2ccc(C)c3nc4ccccc4cc23)[nH]c2cccc(C)c2c1=O. The molecular weight excluding hydrogens is 392 g/mol. The van der Waals surface area contributed by atoms with Crippen molar-refractivity contribution in [2.75, 3.05) is 0 Å². The molecule has 0 aliphatic heterocycles. The fraction of sp³-hybridized carbons (Fsp3) is 0.103. The molecule has 0 amide bonds. The van der Waals surface area contributed by atoms with Gasteiger partial charge < -0.3 is 4.98 Å². The molecule has 3 nitrogen and oxygen atoms in total. The summed E-state index contributed by atoms with van der Waals surface area (Å²) in [5.41, 5.74) is 8.17. The Labute approximate surface area is 186 Å². The summed E-state index contributed by atoms with van der Waals surface area (Å²) in [6.07, 6.45) is 2.23. The van der Waals surface area contributed by atoms with Gasteiger partial charge in [-0.05, 0) is 60.7 Å². The van der Waals surface area contributed by atoms with Gasteiger partial charge in [0.15, 0.2) is 5.43 Å². The molecule has 0 aliphatic rings. The highest BCUT2D eigenvalue weighted by Gasteiger charge is 2.15.